The fourth-order valence-corrected chi connectivity index (χ4v) is 2.41. The summed E-state index contributed by atoms with van der Waals surface area (Å²) in [7, 11) is 3.26. The van der Waals surface area contributed by atoms with Gasteiger partial charge in [0.05, 0.1) is 14.2 Å². The van der Waals surface area contributed by atoms with Crippen molar-refractivity contribution in [2.75, 3.05) is 19.5 Å². The molecule has 0 aliphatic rings. The van der Waals surface area contributed by atoms with Crippen molar-refractivity contribution in [2.45, 2.75) is 26.3 Å². The van der Waals surface area contributed by atoms with Crippen LogP contribution in [0.15, 0.2) is 18.2 Å². The van der Waals surface area contributed by atoms with Crippen LogP contribution in [0.2, 0.25) is 0 Å². The van der Waals surface area contributed by atoms with Crippen LogP contribution >= 0.6 is 11.5 Å². The van der Waals surface area contributed by atoms with Gasteiger partial charge >= 0.3 is 0 Å². The number of benzene rings is 1. The predicted octanol–water partition coefficient (Wildman–Crippen LogP) is 3.29. The van der Waals surface area contributed by atoms with Gasteiger partial charge in [0.25, 0.3) is 0 Å². The minimum Gasteiger partial charge on any atom is -0.493 e. The number of rotatable bonds is 6. The molecule has 0 bridgehead atoms. The van der Waals surface area contributed by atoms with E-state index in [1.807, 2.05) is 18.2 Å². The van der Waals surface area contributed by atoms with Crippen molar-refractivity contribution in [3.8, 4) is 11.5 Å². The van der Waals surface area contributed by atoms with Crippen molar-refractivity contribution in [3.05, 3.63) is 29.6 Å². The SMILES string of the molecule is COc1ccc(CNc2nc(C(C)C)ns2)cc1OC. The topological polar surface area (TPSA) is 56.3 Å². The average Bonchev–Trinajstić information content (AvgIpc) is 2.94. The Kier molecular flexibility index (Phi) is 4.79. The van der Waals surface area contributed by atoms with Crippen LogP contribution in [-0.4, -0.2) is 23.6 Å². The standard InChI is InChI=1S/C14H19N3O2S/c1-9(2)13-16-14(20-17-13)15-8-10-5-6-11(18-3)12(7-10)19-4/h5-7,9H,8H2,1-4H3,(H,15,16,17). The molecule has 0 aliphatic carbocycles. The van der Waals surface area contributed by atoms with E-state index < -0.39 is 0 Å². The van der Waals surface area contributed by atoms with Gasteiger partial charge in [-0.2, -0.15) is 4.37 Å². The van der Waals surface area contributed by atoms with Gasteiger partial charge in [-0.25, -0.2) is 4.98 Å². The van der Waals surface area contributed by atoms with Crippen LogP contribution < -0.4 is 14.8 Å². The van der Waals surface area contributed by atoms with Crippen LogP contribution in [0.25, 0.3) is 0 Å². The molecule has 0 fully saturated rings. The van der Waals surface area contributed by atoms with E-state index in [0.29, 0.717) is 12.5 Å². The molecule has 0 spiro atoms. The Morgan fingerprint density at radius 3 is 2.55 bits per heavy atom. The van der Waals surface area contributed by atoms with Gasteiger partial charge in [-0.1, -0.05) is 19.9 Å². The Labute approximate surface area is 123 Å². The Bertz CT molecular complexity index is 569. The second-order valence-corrected chi connectivity index (χ2v) is 5.41. The molecule has 0 atom stereocenters. The number of hydrogen-bond acceptors (Lipinski definition) is 6. The number of aromatic nitrogens is 2. The molecule has 6 heteroatoms. The van der Waals surface area contributed by atoms with Gasteiger partial charge in [0.1, 0.15) is 5.82 Å². The number of nitrogens with zero attached hydrogens (tertiary/aromatic N) is 2. The monoisotopic (exact) mass is 293 g/mol. The molecule has 1 heterocycles. The Morgan fingerprint density at radius 1 is 1.20 bits per heavy atom. The molecule has 0 saturated heterocycles. The van der Waals surface area contributed by atoms with Gasteiger partial charge in [0, 0.05) is 24.0 Å². The van der Waals surface area contributed by atoms with Gasteiger partial charge in [0.15, 0.2) is 11.5 Å². The Hall–Kier alpha value is -1.82. The first-order valence-electron chi connectivity index (χ1n) is 6.42. The maximum absolute atomic E-state index is 5.29. The van der Waals surface area contributed by atoms with Crippen LogP contribution in [0.4, 0.5) is 5.13 Å². The molecule has 0 aliphatic heterocycles. The van der Waals surface area contributed by atoms with Gasteiger partial charge in [-0.3, -0.25) is 0 Å². The van der Waals surface area contributed by atoms with E-state index in [1.54, 1.807) is 14.2 Å². The normalized spacial score (nSPS) is 10.7. The van der Waals surface area contributed by atoms with Crippen LogP contribution in [0.5, 0.6) is 11.5 Å². The van der Waals surface area contributed by atoms with Crippen molar-refractivity contribution < 1.29 is 9.47 Å². The van der Waals surface area contributed by atoms with E-state index in [0.717, 1.165) is 28.0 Å². The van der Waals surface area contributed by atoms with E-state index in [1.165, 1.54) is 11.5 Å². The first-order chi connectivity index (χ1) is 9.63. The predicted molar refractivity (Wildman–Crippen MR) is 80.9 cm³/mol. The van der Waals surface area contributed by atoms with Crippen molar-refractivity contribution >= 4 is 16.7 Å². The molecule has 2 aromatic rings. The average molecular weight is 293 g/mol. The van der Waals surface area contributed by atoms with Crippen LogP contribution in [0, 0.1) is 0 Å². The van der Waals surface area contributed by atoms with Crippen molar-refractivity contribution in [1.29, 1.82) is 0 Å². The van der Waals surface area contributed by atoms with Gasteiger partial charge in [-0.15, -0.1) is 0 Å². The summed E-state index contributed by atoms with van der Waals surface area (Å²) in [5.74, 6) is 2.69. The summed E-state index contributed by atoms with van der Waals surface area (Å²) in [6, 6.07) is 5.85. The lowest BCUT2D eigenvalue weighted by Crippen LogP contribution is -2.00. The zero-order valence-electron chi connectivity index (χ0n) is 12.1. The van der Waals surface area contributed by atoms with Crippen LogP contribution in [-0.2, 0) is 6.54 Å². The minimum absolute atomic E-state index is 0.350. The van der Waals surface area contributed by atoms with E-state index in [2.05, 4.69) is 28.5 Å². The van der Waals surface area contributed by atoms with Crippen molar-refractivity contribution in [1.82, 2.24) is 9.36 Å². The lowest BCUT2D eigenvalue weighted by atomic mass is 10.2. The third-order valence-electron chi connectivity index (χ3n) is 2.85. The van der Waals surface area contributed by atoms with Crippen LogP contribution in [0.3, 0.4) is 0 Å². The molecular weight excluding hydrogens is 274 g/mol. The highest BCUT2D eigenvalue weighted by molar-refractivity contribution is 7.09. The number of anilines is 1. The lowest BCUT2D eigenvalue weighted by molar-refractivity contribution is 0.354. The largest absolute Gasteiger partial charge is 0.493 e. The highest BCUT2D eigenvalue weighted by Gasteiger charge is 2.08. The van der Waals surface area contributed by atoms with Crippen molar-refractivity contribution in [2.24, 2.45) is 0 Å². The zero-order chi connectivity index (χ0) is 14.5. The highest BCUT2D eigenvalue weighted by atomic mass is 32.1. The lowest BCUT2D eigenvalue weighted by Gasteiger charge is -2.09. The molecule has 0 amide bonds. The number of methoxy groups -OCH3 is 2. The molecule has 5 nitrogen and oxygen atoms in total. The fourth-order valence-electron chi connectivity index (χ4n) is 1.71. The number of hydrogen-bond donors (Lipinski definition) is 1. The maximum atomic E-state index is 5.29. The van der Waals surface area contributed by atoms with E-state index in [9.17, 15) is 0 Å². The smallest absolute Gasteiger partial charge is 0.202 e. The Balaban J connectivity index is 2.03. The minimum atomic E-state index is 0.350. The third-order valence-corrected chi connectivity index (χ3v) is 3.54. The zero-order valence-corrected chi connectivity index (χ0v) is 13.0. The summed E-state index contributed by atoms with van der Waals surface area (Å²) >= 11 is 1.39. The molecule has 20 heavy (non-hydrogen) atoms. The molecule has 1 aromatic heterocycles. The van der Waals surface area contributed by atoms with Gasteiger partial charge in [-0.05, 0) is 17.7 Å². The molecular formula is C14H19N3O2S. The molecule has 108 valence electrons. The quantitative estimate of drug-likeness (QED) is 0.885. The summed E-state index contributed by atoms with van der Waals surface area (Å²) in [6.45, 7) is 4.84. The molecule has 1 N–H and O–H groups in total. The summed E-state index contributed by atoms with van der Waals surface area (Å²) in [5.41, 5.74) is 1.10. The molecule has 0 saturated carbocycles. The van der Waals surface area contributed by atoms with Crippen LogP contribution in [0.1, 0.15) is 31.2 Å². The summed E-state index contributed by atoms with van der Waals surface area (Å²) < 4.78 is 14.8. The fraction of sp³-hybridized carbons (Fsp3) is 0.429. The van der Waals surface area contributed by atoms with Gasteiger partial charge in [0.2, 0.25) is 5.13 Å². The molecule has 0 unspecified atom stereocenters. The number of nitrogens with one attached hydrogen (secondary N) is 1. The summed E-state index contributed by atoms with van der Waals surface area (Å²) in [5, 5.41) is 4.11. The Morgan fingerprint density at radius 2 is 1.95 bits per heavy atom. The summed E-state index contributed by atoms with van der Waals surface area (Å²) in [6.07, 6.45) is 0. The van der Waals surface area contributed by atoms with Gasteiger partial charge < -0.3 is 14.8 Å². The second kappa shape index (κ2) is 6.56. The maximum Gasteiger partial charge on any atom is 0.202 e. The van der Waals surface area contributed by atoms with E-state index in [4.69, 9.17) is 9.47 Å². The highest BCUT2D eigenvalue weighted by Crippen LogP contribution is 2.28. The molecule has 1 aromatic carbocycles. The van der Waals surface area contributed by atoms with E-state index in [-0.39, 0.29) is 0 Å². The first-order valence-corrected chi connectivity index (χ1v) is 7.19. The van der Waals surface area contributed by atoms with E-state index >= 15 is 0 Å². The molecule has 0 radical (unpaired) electrons. The second-order valence-electron chi connectivity index (χ2n) is 4.66. The summed E-state index contributed by atoms with van der Waals surface area (Å²) in [4.78, 5) is 4.44. The molecule has 2 rings (SSSR count). The third kappa shape index (κ3) is 3.39. The first kappa shape index (κ1) is 14.6. The number of ether oxygens (including phenoxy) is 2. The van der Waals surface area contributed by atoms with Crippen molar-refractivity contribution in [3.63, 3.8) is 0 Å².